The van der Waals surface area contributed by atoms with Crippen LogP contribution in [0.25, 0.3) is 0 Å². The van der Waals surface area contributed by atoms with Crippen LogP contribution in [0.15, 0.2) is 52.5 Å². The van der Waals surface area contributed by atoms with Crippen molar-refractivity contribution in [1.82, 2.24) is 9.88 Å². The number of primary amides is 1. The molecule has 0 spiro atoms. The summed E-state index contributed by atoms with van der Waals surface area (Å²) in [6.45, 7) is 0.422. The molecule has 3 aromatic rings. The van der Waals surface area contributed by atoms with Crippen molar-refractivity contribution in [3.8, 4) is 5.75 Å². The van der Waals surface area contributed by atoms with E-state index in [1.165, 1.54) is 22.5 Å². The zero-order valence-corrected chi connectivity index (χ0v) is 16.1. The average molecular weight is 400 g/mol. The van der Waals surface area contributed by atoms with Gasteiger partial charge < -0.3 is 25.1 Å². The zero-order valence-electron chi connectivity index (χ0n) is 15.3. The molecule has 0 bridgehead atoms. The minimum Gasteiger partial charge on any atom is -0.497 e. The molecule has 3 rings (SSSR count). The number of thiazole rings is 1. The van der Waals surface area contributed by atoms with E-state index in [9.17, 15) is 9.59 Å². The molecule has 0 saturated heterocycles. The van der Waals surface area contributed by atoms with Crippen molar-refractivity contribution >= 4 is 34.0 Å². The average Bonchev–Trinajstić information content (AvgIpc) is 3.37. The Kier molecular flexibility index (Phi) is 6.28. The van der Waals surface area contributed by atoms with Crippen LogP contribution in [0.1, 0.15) is 22.7 Å². The van der Waals surface area contributed by atoms with Gasteiger partial charge in [0.1, 0.15) is 17.2 Å². The van der Waals surface area contributed by atoms with Gasteiger partial charge in [0.2, 0.25) is 5.91 Å². The molecule has 0 aliphatic rings. The maximum atomic E-state index is 12.9. The maximum absolute atomic E-state index is 12.9. The molecule has 0 aliphatic carbocycles. The maximum Gasteiger partial charge on any atom is 0.273 e. The van der Waals surface area contributed by atoms with Gasteiger partial charge >= 0.3 is 0 Å². The fourth-order valence-corrected chi connectivity index (χ4v) is 3.18. The highest BCUT2D eigenvalue weighted by atomic mass is 32.1. The van der Waals surface area contributed by atoms with E-state index in [0.29, 0.717) is 10.9 Å². The van der Waals surface area contributed by atoms with Crippen molar-refractivity contribution in [3.63, 3.8) is 0 Å². The van der Waals surface area contributed by atoms with Crippen LogP contribution in [0.3, 0.4) is 0 Å². The predicted octanol–water partition coefficient (Wildman–Crippen LogP) is 3.01. The second kappa shape index (κ2) is 9.05. The molecule has 0 saturated carbocycles. The SMILES string of the molecule is COc1ccc(Nc2nc(C(=O)N(CCC(N)=O)Cc3ccco3)cs2)cc1. The largest absolute Gasteiger partial charge is 0.497 e. The smallest absolute Gasteiger partial charge is 0.273 e. The minimum absolute atomic E-state index is 0.0630. The molecule has 9 heteroatoms. The Hall–Kier alpha value is -3.33. The first-order valence-electron chi connectivity index (χ1n) is 8.51. The lowest BCUT2D eigenvalue weighted by atomic mass is 10.3. The molecule has 0 unspecified atom stereocenters. The summed E-state index contributed by atoms with van der Waals surface area (Å²) in [5.41, 5.74) is 6.35. The van der Waals surface area contributed by atoms with Gasteiger partial charge in [-0.2, -0.15) is 0 Å². The summed E-state index contributed by atoms with van der Waals surface area (Å²) in [6.07, 6.45) is 1.60. The van der Waals surface area contributed by atoms with E-state index in [4.69, 9.17) is 14.9 Å². The number of anilines is 2. The topological polar surface area (TPSA) is 111 Å². The fraction of sp³-hybridized carbons (Fsp3) is 0.211. The van der Waals surface area contributed by atoms with Gasteiger partial charge in [-0.05, 0) is 36.4 Å². The third kappa shape index (κ3) is 5.10. The van der Waals surface area contributed by atoms with Gasteiger partial charge in [-0.1, -0.05) is 0 Å². The number of carbonyl (C=O) groups is 2. The second-order valence-electron chi connectivity index (χ2n) is 5.91. The van der Waals surface area contributed by atoms with Crippen molar-refractivity contribution in [2.24, 2.45) is 5.73 Å². The lowest BCUT2D eigenvalue weighted by Gasteiger charge is -2.20. The first kappa shape index (κ1) is 19.4. The van der Waals surface area contributed by atoms with Gasteiger partial charge in [-0.25, -0.2) is 4.98 Å². The van der Waals surface area contributed by atoms with Crippen LogP contribution in [0.2, 0.25) is 0 Å². The number of methoxy groups -OCH3 is 1. The van der Waals surface area contributed by atoms with Crippen LogP contribution >= 0.6 is 11.3 Å². The summed E-state index contributed by atoms with van der Waals surface area (Å²) < 4.78 is 10.4. The Bertz CT molecular complexity index is 922. The van der Waals surface area contributed by atoms with Crippen molar-refractivity contribution in [3.05, 3.63) is 59.5 Å². The number of amides is 2. The van der Waals surface area contributed by atoms with E-state index in [-0.39, 0.29) is 31.1 Å². The Labute approximate surface area is 165 Å². The number of nitrogens with two attached hydrogens (primary N) is 1. The summed E-state index contributed by atoms with van der Waals surface area (Å²) in [5.74, 6) is 0.599. The second-order valence-corrected chi connectivity index (χ2v) is 6.77. The van der Waals surface area contributed by atoms with Crippen LogP contribution in [-0.2, 0) is 11.3 Å². The minimum atomic E-state index is -0.475. The number of aromatic nitrogens is 1. The molecule has 3 N–H and O–H groups in total. The molecule has 146 valence electrons. The molecule has 2 amide bonds. The highest BCUT2D eigenvalue weighted by Crippen LogP contribution is 2.24. The third-order valence-electron chi connectivity index (χ3n) is 3.91. The standard InChI is InChI=1S/C19H20N4O4S/c1-26-14-6-4-13(5-7-14)21-19-22-16(12-28-19)18(25)23(9-8-17(20)24)11-15-3-2-10-27-15/h2-7,10,12H,8-9,11H2,1H3,(H2,20,24)(H,21,22). The molecule has 0 atom stereocenters. The van der Waals surface area contributed by atoms with Gasteiger partial charge in [-0.15, -0.1) is 11.3 Å². The van der Waals surface area contributed by atoms with Crippen molar-refractivity contribution in [2.45, 2.75) is 13.0 Å². The van der Waals surface area contributed by atoms with E-state index in [1.54, 1.807) is 24.6 Å². The summed E-state index contributed by atoms with van der Waals surface area (Å²) in [4.78, 5) is 29.9. The summed E-state index contributed by atoms with van der Waals surface area (Å²) >= 11 is 1.32. The van der Waals surface area contributed by atoms with Gasteiger partial charge in [0.15, 0.2) is 5.13 Å². The van der Waals surface area contributed by atoms with Crippen LogP contribution in [0.4, 0.5) is 10.8 Å². The molecular weight excluding hydrogens is 380 g/mol. The van der Waals surface area contributed by atoms with E-state index in [1.807, 2.05) is 24.3 Å². The van der Waals surface area contributed by atoms with Gasteiger partial charge in [0.05, 0.1) is 19.9 Å². The van der Waals surface area contributed by atoms with Crippen LogP contribution in [0.5, 0.6) is 5.75 Å². The number of furan rings is 1. The molecule has 0 radical (unpaired) electrons. The number of carbonyl (C=O) groups excluding carboxylic acids is 2. The quantitative estimate of drug-likeness (QED) is 0.571. The van der Waals surface area contributed by atoms with Crippen molar-refractivity contribution < 1.29 is 18.7 Å². The Balaban J connectivity index is 1.70. The monoisotopic (exact) mass is 400 g/mol. The Morgan fingerprint density at radius 2 is 2.07 bits per heavy atom. The number of hydrogen-bond donors (Lipinski definition) is 2. The van der Waals surface area contributed by atoms with Crippen LogP contribution in [-0.4, -0.2) is 35.4 Å². The number of benzene rings is 1. The molecule has 28 heavy (non-hydrogen) atoms. The third-order valence-corrected chi connectivity index (χ3v) is 4.66. The number of nitrogens with one attached hydrogen (secondary N) is 1. The predicted molar refractivity (Wildman–Crippen MR) is 106 cm³/mol. The number of nitrogens with zero attached hydrogens (tertiary/aromatic N) is 2. The molecule has 0 aliphatic heterocycles. The van der Waals surface area contributed by atoms with Crippen LogP contribution in [0, 0.1) is 0 Å². The van der Waals surface area contributed by atoms with Crippen molar-refractivity contribution in [1.29, 1.82) is 0 Å². The molecular formula is C19H20N4O4S. The summed E-state index contributed by atoms with van der Waals surface area (Å²) in [6, 6.07) is 10.9. The highest BCUT2D eigenvalue weighted by molar-refractivity contribution is 7.14. The van der Waals surface area contributed by atoms with E-state index in [0.717, 1.165) is 11.4 Å². The summed E-state index contributed by atoms with van der Waals surface area (Å²) in [5, 5.41) is 5.41. The van der Waals surface area contributed by atoms with Crippen LogP contribution < -0.4 is 15.8 Å². The van der Waals surface area contributed by atoms with Crippen molar-refractivity contribution in [2.75, 3.05) is 19.0 Å². The van der Waals surface area contributed by atoms with Gasteiger partial charge in [0, 0.05) is 24.0 Å². The lowest BCUT2D eigenvalue weighted by molar-refractivity contribution is -0.118. The number of ether oxygens (including phenoxy) is 1. The molecule has 8 nitrogen and oxygen atoms in total. The number of rotatable bonds is 9. The summed E-state index contributed by atoms with van der Waals surface area (Å²) in [7, 11) is 1.61. The lowest BCUT2D eigenvalue weighted by Crippen LogP contribution is -2.33. The first-order chi connectivity index (χ1) is 13.5. The van der Waals surface area contributed by atoms with Gasteiger partial charge in [0.25, 0.3) is 5.91 Å². The highest BCUT2D eigenvalue weighted by Gasteiger charge is 2.20. The van der Waals surface area contributed by atoms with Gasteiger partial charge in [-0.3, -0.25) is 9.59 Å². The zero-order chi connectivity index (χ0) is 19.9. The molecule has 0 fully saturated rings. The Morgan fingerprint density at radius 1 is 1.29 bits per heavy atom. The molecule has 2 aromatic heterocycles. The number of hydrogen-bond acceptors (Lipinski definition) is 7. The van der Waals surface area contributed by atoms with E-state index in [2.05, 4.69) is 10.3 Å². The fourth-order valence-electron chi connectivity index (χ4n) is 2.48. The Morgan fingerprint density at radius 3 is 2.71 bits per heavy atom. The molecule has 1 aromatic carbocycles. The van der Waals surface area contributed by atoms with E-state index >= 15 is 0 Å². The van der Waals surface area contributed by atoms with E-state index < -0.39 is 5.91 Å². The molecule has 2 heterocycles. The first-order valence-corrected chi connectivity index (χ1v) is 9.39. The normalized spacial score (nSPS) is 10.5.